The molecule has 33 heavy (non-hydrogen) atoms. The molecule has 1 unspecified atom stereocenters. The molecule has 1 aromatic rings. The SMILES string of the molecule is COC(=O)C1=C(CF)NC(C)=C(C(=O)OCC(C)C)C1c1c(F)ccc(C#N)c1C(F)(F)F. The second-order valence-corrected chi connectivity index (χ2v) is 7.60. The number of ether oxygens (including phenoxy) is 2. The quantitative estimate of drug-likeness (QED) is 0.492. The van der Waals surface area contributed by atoms with Crippen LogP contribution in [0.1, 0.15) is 43.4 Å². The van der Waals surface area contributed by atoms with Crippen molar-refractivity contribution >= 4 is 11.9 Å². The molecule has 0 bridgehead atoms. The monoisotopic (exact) mass is 472 g/mol. The molecule has 0 saturated carbocycles. The summed E-state index contributed by atoms with van der Waals surface area (Å²) in [7, 11) is 0.900. The van der Waals surface area contributed by atoms with Gasteiger partial charge in [0.1, 0.15) is 12.5 Å². The second-order valence-electron chi connectivity index (χ2n) is 7.60. The lowest BCUT2D eigenvalue weighted by Crippen LogP contribution is -2.35. The third-order valence-corrected chi connectivity index (χ3v) is 4.84. The number of alkyl halides is 4. The van der Waals surface area contributed by atoms with E-state index < -0.39 is 70.1 Å². The number of nitrogens with one attached hydrogen (secondary N) is 1. The summed E-state index contributed by atoms with van der Waals surface area (Å²) in [6, 6.07) is 2.59. The molecule has 0 saturated heterocycles. The molecular weight excluding hydrogens is 451 g/mol. The maximum atomic E-state index is 15.1. The van der Waals surface area contributed by atoms with Crippen LogP contribution in [0.2, 0.25) is 0 Å². The number of halogens is 5. The molecule has 1 atom stereocenters. The van der Waals surface area contributed by atoms with Gasteiger partial charge in [0.2, 0.25) is 0 Å². The largest absolute Gasteiger partial charge is 0.466 e. The van der Waals surface area contributed by atoms with Gasteiger partial charge in [-0.3, -0.25) is 0 Å². The average molecular weight is 472 g/mol. The minimum Gasteiger partial charge on any atom is -0.466 e. The number of hydrogen-bond donors (Lipinski definition) is 1. The fourth-order valence-corrected chi connectivity index (χ4v) is 3.51. The Kier molecular flexibility index (Phi) is 7.84. The molecule has 2 rings (SSSR count). The van der Waals surface area contributed by atoms with E-state index in [-0.39, 0.29) is 18.2 Å². The van der Waals surface area contributed by atoms with Gasteiger partial charge in [0.05, 0.1) is 53.7 Å². The van der Waals surface area contributed by atoms with Crippen molar-refractivity contribution in [3.63, 3.8) is 0 Å². The zero-order chi connectivity index (χ0) is 25.1. The number of nitriles is 1. The van der Waals surface area contributed by atoms with Gasteiger partial charge in [-0.1, -0.05) is 13.8 Å². The van der Waals surface area contributed by atoms with Gasteiger partial charge in [-0.15, -0.1) is 0 Å². The number of carbonyl (C=O) groups is 2. The molecule has 11 heteroatoms. The Hall–Kier alpha value is -3.42. The third kappa shape index (κ3) is 5.16. The van der Waals surface area contributed by atoms with E-state index in [9.17, 15) is 32.4 Å². The summed E-state index contributed by atoms with van der Waals surface area (Å²) in [6.45, 7) is 3.20. The number of esters is 2. The number of carbonyl (C=O) groups excluding carboxylic acids is 2. The maximum Gasteiger partial charge on any atom is 0.418 e. The van der Waals surface area contributed by atoms with Gasteiger partial charge < -0.3 is 14.8 Å². The number of hydrogen-bond acceptors (Lipinski definition) is 6. The molecule has 1 heterocycles. The lowest BCUT2D eigenvalue weighted by molar-refractivity contribution is -0.142. The molecule has 1 aliphatic rings. The highest BCUT2D eigenvalue weighted by atomic mass is 19.4. The summed E-state index contributed by atoms with van der Waals surface area (Å²) >= 11 is 0. The minimum atomic E-state index is -5.24. The zero-order valence-electron chi connectivity index (χ0n) is 18.2. The van der Waals surface area contributed by atoms with Crippen molar-refractivity contribution in [2.24, 2.45) is 5.92 Å². The van der Waals surface area contributed by atoms with Crippen LogP contribution in [0.15, 0.2) is 34.7 Å². The van der Waals surface area contributed by atoms with Crippen molar-refractivity contribution in [1.29, 1.82) is 5.26 Å². The molecule has 1 N–H and O–H groups in total. The highest BCUT2D eigenvalue weighted by molar-refractivity contribution is 6.00. The molecule has 0 aliphatic carbocycles. The molecule has 1 aliphatic heterocycles. The molecule has 0 aromatic heterocycles. The first kappa shape index (κ1) is 25.8. The number of benzene rings is 1. The van der Waals surface area contributed by atoms with Crippen LogP contribution in [0.25, 0.3) is 0 Å². The third-order valence-electron chi connectivity index (χ3n) is 4.84. The summed E-state index contributed by atoms with van der Waals surface area (Å²) in [4.78, 5) is 25.5. The van der Waals surface area contributed by atoms with E-state index >= 15 is 4.39 Å². The first-order valence-electron chi connectivity index (χ1n) is 9.70. The smallest absolute Gasteiger partial charge is 0.418 e. The van der Waals surface area contributed by atoms with Crippen LogP contribution < -0.4 is 5.32 Å². The second kappa shape index (κ2) is 10.0. The summed E-state index contributed by atoms with van der Waals surface area (Å²) in [5.74, 6) is -6.06. The Labute approximate surface area is 186 Å². The number of methoxy groups -OCH3 is 1. The standard InChI is InChI=1S/C22H21F5N2O4/c1-10(2)9-33-21(31)15-11(3)29-14(7-23)17(20(30)32-4)18(15)16-13(24)6-5-12(8-28)19(16)22(25,26)27/h5-6,10,18,29H,7,9H2,1-4H3. The average Bonchev–Trinajstić information content (AvgIpc) is 2.75. The van der Waals surface area contributed by atoms with E-state index in [2.05, 4.69) is 10.1 Å². The van der Waals surface area contributed by atoms with Crippen molar-refractivity contribution in [2.45, 2.75) is 32.9 Å². The van der Waals surface area contributed by atoms with Gasteiger partial charge in [0, 0.05) is 11.3 Å². The van der Waals surface area contributed by atoms with E-state index in [1.807, 2.05) is 0 Å². The van der Waals surface area contributed by atoms with E-state index in [0.29, 0.717) is 12.1 Å². The number of dihydropyridines is 1. The minimum absolute atomic E-state index is 0.123. The van der Waals surface area contributed by atoms with E-state index in [4.69, 9.17) is 4.74 Å². The first-order valence-corrected chi connectivity index (χ1v) is 9.70. The van der Waals surface area contributed by atoms with Crippen LogP contribution in [0, 0.1) is 23.1 Å². The molecule has 6 nitrogen and oxygen atoms in total. The molecule has 0 spiro atoms. The predicted molar refractivity (Wildman–Crippen MR) is 106 cm³/mol. The Morgan fingerprint density at radius 2 is 1.85 bits per heavy atom. The maximum absolute atomic E-state index is 15.1. The zero-order valence-corrected chi connectivity index (χ0v) is 18.2. The Bertz CT molecular complexity index is 1070. The van der Waals surface area contributed by atoms with Crippen molar-refractivity contribution in [3.05, 3.63) is 57.2 Å². The van der Waals surface area contributed by atoms with Gasteiger partial charge in [-0.25, -0.2) is 18.4 Å². The predicted octanol–water partition coefficient (Wildman–Crippen LogP) is 4.27. The van der Waals surface area contributed by atoms with Crippen LogP contribution in [-0.4, -0.2) is 32.3 Å². The van der Waals surface area contributed by atoms with Crippen molar-refractivity contribution in [2.75, 3.05) is 20.4 Å². The van der Waals surface area contributed by atoms with Crippen molar-refractivity contribution in [3.8, 4) is 6.07 Å². The highest BCUT2D eigenvalue weighted by Crippen LogP contribution is 2.46. The van der Waals surface area contributed by atoms with E-state index in [1.165, 1.54) is 13.0 Å². The lowest BCUT2D eigenvalue weighted by atomic mass is 9.77. The van der Waals surface area contributed by atoms with Crippen LogP contribution in [0.3, 0.4) is 0 Å². The first-order chi connectivity index (χ1) is 15.4. The van der Waals surface area contributed by atoms with Crippen LogP contribution >= 0.6 is 0 Å². The molecule has 0 fully saturated rings. The van der Waals surface area contributed by atoms with E-state index in [0.717, 1.165) is 7.11 Å². The van der Waals surface area contributed by atoms with Crippen LogP contribution in [0.4, 0.5) is 22.0 Å². The van der Waals surface area contributed by atoms with Gasteiger partial charge in [0.25, 0.3) is 0 Å². The van der Waals surface area contributed by atoms with Gasteiger partial charge >= 0.3 is 18.1 Å². The number of allylic oxidation sites excluding steroid dienone is 2. The lowest BCUT2D eigenvalue weighted by Gasteiger charge is -2.32. The fourth-order valence-electron chi connectivity index (χ4n) is 3.51. The summed E-state index contributed by atoms with van der Waals surface area (Å²) < 4.78 is 80.7. The molecule has 1 aromatic carbocycles. The van der Waals surface area contributed by atoms with Gasteiger partial charge in [0.15, 0.2) is 0 Å². The van der Waals surface area contributed by atoms with Crippen LogP contribution in [-0.2, 0) is 25.2 Å². The van der Waals surface area contributed by atoms with Gasteiger partial charge in [-0.05, 0) is 25.0 Å². The molecule has 178 valence electrons. The summed E-state index contributed by atoms with van der Waals surface area (Å²) in [6.07, 6.45) is -5.24. The van der Waals surface area contributed by atoms with Gasteiger partial charge in [-0.2, -0.15) is 18.4 Å². The number of nitrogens with zero attached hydrogens (tertiary/aromatic N) is 1. The molecule has 0 radical (unpaired) electrons. The topological polar surface area (TPSA) is 88.4 Å². The fraction of sp³-hybridized carbons (Fsp3) is 0.409. The van der Waals surface area contributed by atoms with Crippen molar-refractivity contribution < 1.29 is 41.0 Å². The summed E-state index contributed by atoms with van der Waals surface area (Å²) in [5.41, 5.74) is -5.70. The van der Waals surface area contributed by atoms with Crippen molar-refractivity contribution in [1.82, 2.24) is 5.32 Å². The summed E-state index contributed by atoms with van der Waals surface area (Å²) in [5, 5.41) is 11.7. The Morgan fingerprint density at radius 3 is 2.33 bits per heavy atom. The van der Waals surface area contributed by atoms with E-state index in [1.54, 1.807) is 13.8 Å². The number of rotatable bonds is 6. The molecule has 0 amide bonds. The highest BCUT2D eigenvalue weighted by Gasteiger charge is 2.46. The Balaban J connectivity index is 2.97. The Morgan fingerprint density at radius 1 is 1.21 bits per heavy atom. The van der Waals surface area contributed by atoms with Crippen LogP contribution in [0.5, 0.6) is 0 Å². The molecular formula is C22H21F5N2O4. The normalized spacial score (nSPS) is 16.5.